The predicted molar refractivity (Wildman–Crippen MR) is 93.2 cm³/mol. The van der Waals surface area contributed by atoms with Crippen LogP contribution in [0.5, 0.6) is 11.5 Å². The summed E-state index contributed by atoms with van der Waals surface area (Å²) in [5.74, 6) is 0.748. The quantitative estimate of drug-likeness (QED) is 0.614. The topological polar surface area (TPSA) is 70.4 Å². The summed E-state index contributed by atoms with van der Waals surface area (Å²) >= 11 is 5.91. The van der Waals surface area contributed by atoms with Crippen molar-refractivity contribution in [2.75, 3.05) is 0 Å². The van der Waals surface area contributed by atoms with E-state index < -0.39 is 10.1 Å². The van der Waals surface area contributed by atoms with Gasteiger partial charge in [-0.3, -0.25) is 0 Å². The second-order valence-corrected chi connectivity index (χ2v) is 7.05. The molecule has 0 aliphatic rings. The van der Waals surface area contributed by atoms with E-state index in [2.05, 4.69) is 4.98 Å². The number of halogens is 1. The first-order chi connectivity index (χ1) is 12.0. The fraction of sp³-hybridized carbons (Fsp3) is 0.118. The zero-order valence-corrected chi connectivity index (χ0v) is 14.9. The van der Waals surface area contributed by atoms with E-state index in [0.717, 1.165) is 5.56 Å². The molecule has 0 unspecified atom stereocenters. The molecule has 0 aliphatic carbocycles. The Morgan fingerprint density at radius 1 is 1.04 bits per heavy atom. The van der Waals surface area contributed by atoms with Crippen LogP contribution in [0.25, 0.3) is 0 Å². The van der Waals surface area contributed by atoms with Gasteiger partial charge in [0.15, 0.2) is 5.15 Å². The SMILES string of the molecule is Cn1cnc(S(=O)(=O)Oc2ccc(OCc3ccccc3)cc2)c1Cl. The van der Waals surface area contributed by atoms with Gasteiger partial charge >= 0.3 is 10.1 Å². The smallest absolute Gasteiger partial charge is 0.360 e. The highest BCUT2D eigenvalue weighted by atomic mass is 35.5. The van der Waals surface area contributed by atoms with E-state index in [1.165, 1.54) is 23.0 Å². The highest BCUT2D eigenvalue weighted by Crippen LogP contribution is 2.25. The summed E-state index contributed by atoms with van der Waals surface area (Å²) in [5.41, 5.74) is 1.04. The van der Waals surface area contributed by atoms with E-state index >= 15 is 0 Å². The molecule has 3 rings (SSSR count). The number of nitrogens with zero attached hydrogens (tertiary/aromatic N) is 2. The number of rotatable bonds is 6. The maximum atomic E-state index is 12.2. The Morgan fingerprint density at radius 2 is 1.68 bits per heavy atom. The van der Waals surface area contributed by atoms with Crippen molar-refractivity contribution in [1.82, 2.24) is 9.55 Å². The Kier molecular flexibility index (Phi) is 4.96. The lowest BCUT2D eigenvalue weighted by molar-refractivity contribution is 0.306. The van der Waals surface area contributed by atoms with E-state index in [1.54, 1.807) is 19.2 Å². The van der Waals surface area contributed by atoms with Gasteiger partial charge in [0.1, 0.15) is 18.1 Å². The summed E-state index contributed by atoms with van der Waals surface area (Å²) in [4.78, 5) is 3.76. The molecule has 0 fully saturated rings. The second kappa shape index (κ2) is 7.16. The Bertz CT molecular complexity index is 954. The van der Waals surface area contributed by atoms with E-state index in [0.29, 0.717) is 12.4 Å². The minimum Gasteiger partial charge on any atom is -0.489 e. The van der Waals surface area contributed by atoms with Gasteiger partial charge in [0.05, 0.1) is 6.33 Å². The molecule has 6 nitrogen and oxygen atoms in total. The van der Waals surface area contributed by atoms with Crippen LogP contribution in [-0.4, -0.2) is 18.0 Å². The molecular weight excluding hydrogens is 364 g/mol. The molecule has 2 aromatic carbocycles. The standard InChI is InChI=1S/C17H15ClN2O4S/c1-20-12-19-17(16(20)18)25(21,22)24-15-9-7-14(8-10-15)23-11-13-5-3-2-4-6-13/h2-10,12H,11H2,1H3. The van der Waals surface area contributed by atoms with Gasteiger partial charge in [-0.25, -0.2) is 4.98 Å². The third kappa shape index (κ3) is 4.12. The van der Waals surface area contributed by atoms with Crippen LogP contribution < -0.4 is 8.92 Å². The summed E-state index contributed by atoms with van der Waals surface area (Å²) in [5, 5.41) is -0.330. The number of hydrogen-bond acceptors (Lipinski definition) is 5. The van der Waals surface area contributed by atoms with Crippen molar-refractivity contribution < 1.29 is 17.3 Å². The van der Waals surface area contributed by atoms with E-state index in [1.807, 2.05) is 30.3 Å². The highest BCUT2D eigenvalue weighted by molar-refractivity contribution is 7.87. The van der Waals surface area contributed by atoms with Gasteiger partial charge in [0.2, 0.25) is 5.03 Å². The van der Waals surface area contributed by atoms with Crippen LogP contribution >= 0.6 is 11.6 Å². The zero-order valence-electron chi connectivity index (χ0n) is 13.3. The van der Waals surface area contributed by atoms with Gasteiger partial charge in [0, 0.05) is 7.05 Å². The summed E-state index contributed by atoms with van der Waals surface area (Å²) in [6.07, 6.45) is 1.30. The van der Waals surface area contributed by atoms with E-state index in [9.17, 15) is 8.42 Å². The number of benzene rings is 2. The van der Waals surface area contributed by atoms with Crippen LogP contribution in [0, 0.1) is 0 Å². The van der Waals surface area contributed by atoms with Crippen molar-refractivity contribution in [2.45, 2.75) is 11.6 Å². The average molecular weight is 379 g/mol. The lowest BCUT2D eigenvalue weighted by Crippen LogP contribution is -2.11. The number of aromatic nitrogens is 2. The lowest BCUT2D eigenvalue weighted by Gasteiger charge is -2.08. The maximum Gasteiger partial charge on any atom is 0.360 e. The molecule has 0 atom stereocenters. The van der Waals surface area contributed by atoms with Crippen molar-refractivity contribution in [2.24, 2.45) is 7.05 Å². The molecule has 130 valence electrons. The van der Waals surface area contributed by atoms with Gasteiger partial charge in [-0.2, -0.15) is 8.42 Å². The molecule has 1 heterocycles. The van der Waals surface area contributed by atoms with E-state index in [4.69, 9.17) is 20.5 Å². The first-order valence-electron chi connectivity index (χ1n) is 7.34. The normalized spacial score (nSPS) is 11.3. The first-order valence-corrected chi connectivity index (χ1v) is 9.12. The molecule has 25 heavy (non-hydrogen) atoms. The van der Waals surface area contributed by atoms with Gasteiger partial charge in [0.25, 0.3) is 0 Å². The van der Waals surface area contributed by atoms with Crippen LogP contribution in [0.1, 0.15) is 5.56 Å². The Morgan fingerprint density at radius 3 is 2.28 bits per heavy atom. The third-order valence-corrected chi connectivity index (χ3v) is 5.09. The molecule has 0 aliphatic heterocycles. The van der Waals surface area contributed by atoms with Gasteiger partial charge < -0.3 is 13.5 Å². The number of aryl methyl sites for hydroxylation is 1. The molecule has 0 saturated heterocycles. The predicted octanol–water partition coefficient (Wildman–Crippen LogP) is 3.42. The van der Waals surface area contributed by atoms with Crippen molar-refractivity contribution in [3.05, 3.63) is 71.6 Å². The molecule has 3 aromatic rings. The summed E-state index contributed by atoms with van der Waals surface area (Å²) < 4.78 is 36.5. The first kappa shape index (κ1) is 17.3. The van der Waals surface area contributed by atoms with Crippen molar-refractivity contribution >= 4 is 21.7 Å². The van der Waals surface area contributed by atoms with Gasteiger partial charge in [-0.1, -0.05) is 41.9 Å². The minimum atomic E-state index is -4.10. The summed E-state index contributed by atoms with van der Waals surface area (Å²) in [7, 11) is -2.51. The molecule has 0 spiro atoms. The molecule has 0 amide bonds. The molecule has 0 N–H and O–H groups in total. The van der Waals surface area contributed by atoms with Crippen LogP contribution in [-0.2, 0) is 23.8 Å². The summed E-state index contributed by atoms with van der Waals surface area (Å²) in [6.45, 7) is 0.420. The Labute approximate surface area is 150 Å². The zero-order chi connectivity index (χ0) is 17.9. The van der Waals surface area contributed by atoms with Crippen LogP contribution in [0.15, 0.2) is 66.0 Å². The molecular formula is C17H15ClN2O4S. The third-order valence-electron chi connectivity index (χ3n) is 3.35. The maximum absolute atomic E-state index is 12.2. The minimum absolute atomic E-state index is 0.0113. The van der Waals surface area contributed by atoms with Crippen molar-refractivity contribution in [3.8, 4) is 11.5 Å². The average Bonchev–Trinajstić information content (AvgIpc) is 2.95. The monoisotopic (exact) mass is 378 g/mol. The van der Waals surface area contributed by atoms with Crippen LogP contribution in [0.3, 0.4) is 0 Å². The number of imidazole rings is 1. The second-order valence-electron chi connectivity index (χ2n) is 5.23. The highest BCUT2D eigenvalue weighted by Gasteiger charge is 2.24. The molecule has 0 bridgehead atoms. The van der Waals surface area contributed by atoms with Crippen LogP contribution in [0.4, 0.5) is 0 Å². The molecule has 8 heteroatoms. The fourth-order valence-electron chi connectivity index (χ4n) is 2.06. The number of hydrogen-bond donors (Lipinski definition) is 0. The fourth-order valence-corrected chi connectivity index (χ4v) is 3.41. The van der Waals surface area contributed by atoms with E-state index in [-0.39, 0.29) is 15.9 Å². The number of ether oxygens (including phenoxy) is 1. The molecule has 0 radical (unpaired) electrons. The van der Waals surface area contributed by atoms with Crippen molar-refractivity contribution in [3.63, 3.8) is 0 Å². The van der Waals surface area contributed by atoms with Gasteiger partial charge in [-0.05, 0) is 29.8 Å². The summed E-state index contributed by atoms with van der Waals surface area (Å²) in [6, 6.07) is 16.0. The van der Waals surface area contributed by atoms with Crippen molar-refractivity contribution in [1.29, 1.82) is 0 Å². The largest absolute Gasteiger partial charge is 0.489 e. The Balaban J connectivity index is 1.67. The molecule has 1 aromatic heterocycles. The molecule has 0 saturated carbocycles. The van der Waals surface area contributed by atoms with Gasteiger partial charge in [-0.15, -0.1) is 0 Å². The Hall–Kier alpha value is -2.51. The lowest BCUT2D eigenvalue weighted by atomic mass is 10.2. The van der Waals surface area contributed by atoms with Crippen LogP contribution in [0.2, 0.25) is 5.15 Å².